The van der Waals surface area contributed by atoms with Gasteiger partial charge in [-0.3, -0.25) is 4.90 Å². The van der Waals surface area contributed by atoms with Crippen LogP contribution in [0.2, 0.25) is 0 Å². The number of rotatable bonds is 0. The second kappa shape index (κ2) is 2.51. The lowest BCUT2D eigenvalue weighted by atomic mass is 9.95. The van der Waals surface area contributed by atoms with E-state index in [0.717, 1.165) is 13.2 Å². The topological polar surface area (TPSA) is 12.5 Å². The van der Waals surface area contributed by atoms with Crippen LogP contribution in [0, 0.1) is 0 Å². The highest BCUT2D eigenvalue weighted by Crippen LogP contribution is 2.24. The Kier molecular flexibility index (Phi) is 2.02. The van der Waals surface area contributed by atoms with Crippen molar-refractivity contribution in [2.24, 2.45) is 0 Å². The van der Waals surface area contributed by atoms with Crippen LogP contribution in [-0.4, -0.2) is 30.3 Å². The van der Waals surface area contributed by atoms with Gasteiger partial charge < -0.3 is 4.74 Å². The van der Waals surface area contributed by atoms with Crippen LogP contribution in [0.1, 0.15) is 27.2 Å². The normalized spacial score (nSPS) is 34.2. The van der Waals surface area contributed by atoms with Crippen molar-refractivity contribution in [3.63, 3.8) is 0 Å². The summed E-state index contributed by atoms with van der Waals surface area (Å²) in [7, 11) is 2.10. The molecule has 0 aliphatic carbocycles. The highest BCUT2D eigenvalue weighted by Gasteiger charge is 2.30. The third kappa shape index (κ3) is 1.50. The third-order valence-electron chi connectivity index (χ3n) is 2.37. The minimum atomic E-state index is 0.317. The van der Waals surface area contributed by atoms with Gasteiger partial charge in [0, 0.05) is 5.54 Å². The Bertz CT molecular complexity index is 122. The number of ether oxygens (including phenoxy) is 1. The molecule has 10 heavy (non-hydrogen) atoms. The lowest BCUT2D eigenvalue weighted by Crippen LogP contribution is -2.49. The quantitative estimate of drug-likeness (QED) is 0.509. The Balaban J connectivity index is 2.55. The molecule has 0 amide bonds. The molecule has 1 saturated heterocycles. The van der Waals surface area contributed by atoms with Crippen LogP contribution in [-0.2, 0) is 4.74 Å². The second-order valence-electron chi connectivity index (χ2n) is 3.82. The molecule has 2 heteroatoms. The van der Waals surface area contributed by atoms with Crippen molar-refractivity contribution in [3.8, 4) is 0 Å². The van der Waals surface area contributed by atoms with Gasteiger partial charge >= 0.3 is 0 Å². The molecular formula is C8H17NO. The van der Waals surface area contributed by atoms with Crippen LogP contribution in [0.3, 0.4) is 0 Å². The first-order chi connectivity index (χ1) is 4.52. The molecule has 0 bridgehead atoms. The summed E-state index contributed by atoms with van der Waals surface area (Å²) < 4.78 is 5.45. The van der Waals surface area contributed by atoms with Gasteiger partial charge in [-0.05, 0) is 34.2 Å². The average molecular weight is 143 g/mol. The number of hydrogen-bond acceptors (Lipinski definition) is 2. The van der Waals surface area contributed by atoms with Gasteiger partial charge in [0.15, 0.2) is 0 Å². The van der Waals surface area contributed by atoms with E-state index in [0.29, 0.717) is 11.6 Å². The van der Waals surface area contributed by atoms with Crippen molar-refractivity contribution in [2.45, 2.75) is 38.8 Å². The highest BCUT2D eigenvalue weighted by molar-refractivity contribution is 4.83. The molecule has 0 spiro atoms. The van der Waals surface area contributed by atoms with E-state index in [9.17, 15) is 0 Å². The smallest absolute Gasteiger partial charge is 0.0995 e. The van der Waals surface area contributed by atoms with Crippen LogP contribution in [0.4, 0.5) is 0 Å². The van der Waals surface area contributed by atoms with Crippen molar-refractivity contribution >= 4 is 0 Å². The van der Waals surface area contributed by atoms with Gasteiger partial charge in [0.1, 0.15) is 0 Å². The predicted molar refractivity (Wildman–Crippen MR) is 41.9 cm³/mol. The van der Waals surface area contributed by atoms with Gasteiger partial charge in [-0.25, -0.2) is 0 Å². The van der Waals surface area contributed by atoms with E-state index in [1.165, 1.54) is 0 Å². The second-order valence-corrected chi connectivity index (χ2v) is 3.82. The summed E-state index contributed by atoms with van der Waals surface area (Å²) in [6.07, 6.45) is 1.55. The van der Waals surface area contributed by atoms with Crippen LogP contribution >= 0.6 is 0 Å². The Morgan fingerprint density at radius 2 is 2.10 bits per heavy atom. The van der Waals surface area contributed by atoms with Crippen molar-refractivity contribution < 1.29 is 4.74 Å². The van der Waals surface area contributed by atoms with E-state index in [1.54, 1.807) is 0 Å². The zero-order valence-corrected chi connectivity index (χ0v) is 7.35. The maximum absolute atomic E-state index is 5.45. The fraction of sp³-hybridized carbons (Fsp3) is 1.00. The number of nitrogens with zero attached hydrogens (tertiary/aromatic N) is 1. The summed E-state index contributed by atoms with van der Waals surface area (Å²) in [5, 5.41) is 0. The lowest BCUT2D eigenvalue weighted by Gasteiger charge is -2.42. The summed E-state index contributed by atoms with van der Waals surface area (Å²) in [5.41, 5.74) is 0.317. The molecule has 0 radical (unpaired) electrons. The van der Waals surface area contributed by atoms with E-state index >= 15 is 0 Å². The SMILES string of the molecule is CC1CC(C)(C)N(C)CO1. The van der Waals surface area contributed by atoms with Crippen LogP contribution in [0.15, 0.2) is 0 Å². The predicted octanol–water partition coefficient (Wildman–Crippen LogP) is 1.46. The molecule has 60 valence electrons. The van der Waals surface area contributed by atoms with Crippen molar-refractivity contribution in [1.82, 2.24) is 4.90 Å². The fourth-order valence-corrected chi connectivity index (χ4v) is 1.33. The Hall–Kier alpha value is -0.0800. The highest BCUT2D eigenvalue weighted by atomic mass is 16.5. The molecule has 1 fully saturated rings. The summed E-state index contributed by atoms with van der Waals surface area (Å²) in [5.74, 6) is 0. The average Bonchev–Trinajstić information content (AvgIpc) is 1.78. The van der Waals surface area contributed by atoms with E-state index in [-0.39, 0.29) is 0 Å². The molecule has 1 aliphatic heterocycles. The maximum atomic E-state index is 5.45. The zero-order chi connectivity index (χ0) is 7.78. The van der Waals surface area contributed by atoms with E-state index in [4.69, 9.17) is 4.74 Å². The van der Waals surface area contributed by atoms with E-state index in [1.807, 2.05) is 0 Å². The van der Waals surface area contributed by atoms with Crippen molar-refractivity contribution in [3.05, 3.63) is 0 Å². The molecule has 0 saturated carbocycles. The molecule has 1 aliphatic rings. The minimum absolute atomic E-state index is 0.317. The van der Waals surface area contributed by atoms with Crippen molar-refractivity contribution in [1.29, 1.82) is 0 Å². The van der Waals surface area contributed by atoms with Crippen LogP contribution in [0.5, 0.6) is 0 Å². The third-order valence-corrected chi connectivity index (χ3v) is 2.37. The lowest BCUT2D eigenvalue weighted by molar-refractivity contribution is -0.107. The van der Waals surface area contributed by atoms with E-state index in [2.05, 4.69) is 32.7 Å². The molecule has 1 unspecified atom stereocenters. The largest absolute Gasteiger partial charge is 0.363 e. The first-order valence-corrected chi connectivity index (χ1v) is 3.85. The zero-order valence-electron chi connectivity index (χ0n) is 7.35. The summed E-state index contributed by atoms with van der Waals surface area (Å²) in [6.45, 7) is 7.42. The molecule has 1 atom stereocenters. The summed E-state index contributed by atoms with van der Waals surface area (Å²) in [6, 6.07) is 0. The van der Waals surface area contributed by atoms with Gasteiger partial charge in [0.25, 0.3) is 0 Å². The van der Waals surface area contributed by atoms with Gasteiger partial charge in [-0.15, -0.1) is 0 Å². The van der Waals surface area contributed by atoms with Gasteiger partial charge in [0.05, 0.1) is 12.8 Å². The summed E-state index contributed by atoms with van der Waals surface area (Å²) >= 11 is 0. The first kappa shape index (κ1) is 8.02. The Morgan fingerprint density at radius 1 is 1.50 bits per heavy atom. The Labute approximate surface area is 63.2 Å². The molecule has 0 aromatic carbocycles. The standard InChI is InChI=1S/C8H17NO/c1-7-5-8(2,3)9(4)6-10-7/h7H,5-6H2,1-4H3. The molecule has 0 aromatic rings. The van der Waals surface area contributed by atoms with Crippen molar-refractivity contribution in [2.75, 3.05) is 13.8 Å². The van der Waals surface area contributed by atoms with E-state index < -0.39 is 0 Å². The molecule has 0 N–H and O–H groups in total. The van der Waals surface area contributed by atoms with Crippen LogP contribution in [0.25, 0.3) is 0 Å². The monoisotopic (exact) mass is 143 g/mol. The Morgan fingerprint density at radius 3 is 2.50 bits per heavy atom. The van der Waals surface area contributed by atoms with Gasteiger partial charge in [-0.2, -0.15) is 0 Å². The fourth-order valence-electron chi connectivity index (χ4n) is 1.33. The molecule has 2 nitrogen and oxygen atoms in total. The molecular weight excluding hydrogens is 126 g/mol. The van der Waals surface area contributed by atoms with Crippen LogP contribution < -0.4 is 0 Å². The maximum Gasteiger partial charge on any atom is 0.0995 e. The molecule has 1 heterocycles. The van der Waals surface area contributed by atoms with Gasteiger partial charge in [0.2, 0.25) is 0 Å². The molecule has 0 aromatic heterocycles. The summed E-state index contributed by atoms with van der Waals surface area (Å²) in [4.78, 5) is 2.24. The number of hydrogen-bond donors (Lipinski definition) is 0. The van der Waals surface area contributed by atoms with Gasteiger partial charge in [-0.1, -0.05) is 0 Å². The minimum Gasteiger partial charge on any atom is -0.363 e. The molecule has 1 rings (SSSR count). The first-order valence-electron chi connectivity index (χ1n) is 3.85.